The predicted molar refractivity (Wildman–Crippen MR) is 64.8 cm³/mol. The lowest BCUT2D eigenvalue weighted by molar-refractivity contribution is 0.378. The number of imidazole rings is 1. The molecule has 0 aliphatic carbocycles. The van der Waals surface area contributed by atoms with Crippen molar-refractivity contribution in [2.45, 2.75) is 6.54 Å². The van der Waals surface area contributed by atoms with Crippen LogP contribution < -0.4 is 5.73 Å². The largest absolute Gasteiger partial charge is 0.369 e. The second kappa shape index (κ2) is 3.78. The van der Waals surface area contributed by atoms with Crippen molar-refractivity contribution in [3.8, 4) is 0 Å². The number of nitrogens with two attached hydrogens (primary N) is 1. The molecule has 0 saturated heterocycles. The fourth-order valence-electron chi connectivity index (χ4n) is 1.77. The zero-order valence-electron chi connectivity index (χ0n) is 8.80. The first-order valence-electron chi connectivity index (χ1n) is 5.05. The van der Waals surface area contributed by atoms with Gasteiger partial charge in [-0.05, 0) is 18.2 Å². The maximum atomic E-state index is 5.90. The Balaban J connectivity index is 2.12. The van der Waals surface area contributed by atoms with Crippen molar-refractivity contribution >= 4 is 28.6 Å². The molecule has 0 amide bonds. The van der Waals surface area contributed by atoms with Gasteiger partial charge in [0.05, 0.1) is 23.8 Å². The van der Waals surface area contributed by atoms with E-state index in [0.29, 0.717) is 17.5 Å². The van der Waals surface area contributed by atoms with Crippen molar-refractivity contribution < 1.29 is 4.52 Å². The summed E-state index contributed by atoms with van der Waals surface area (Å²) in [6.07, 6.45) is 1.60. The molecular formula is C11H9ClN4O. The monoisotopic (exact) mass is 248 g/mol. The summed E-state index contributed by atoms with van der Waals surface area (Å²) in [5.41, 5.74) is 7.56. The quantitative estimate of drug-likeness (QED) is 0.756. The molecule has 3 rings (SSSR count). The van der Waals surface area contributed by atoms with Gasteiger partial charge in [-0.15, -0.1) is 0 Å². The Labute approximate surface area is 102 Å². The lowest BCUT2D eigenvalue weighted by atomic mass is 10.3. The lowest BCUT2D eigenvalue weighted by Gasteiger charge is -2.02. The molecule has 1 aromatic carbocycles. The predicted octanol–water partition coefficient (Wildman–Crippen LogP) is 2.31. The van der Waals surface area contributed by atoms with E-state index in [1.54, 1.807) is 18.3 Å². The second-order valence-corrected chi connectivity index (χ2v) is 4.10. The van der Waals surface area contributed by atoms with E-state index in [2.05, 4.69) is 10.1 Å². The standard InChI is InChI=1S/C11H9ClN4O/c12-7-1-2-10-9(5-7)15-11(13)16(10)6-8-3-4-14-17-8/h1-5H,6H2,(H2,13,15). The van der Waals surface area contributed by atoms with Crippen LogP contribution in [-0.4, -0.2) is 14.7 Å². The maximum Gasteiger partial charge on any atom is 0.201 e. The van der Waals surface area contributed by atoms with Gasteiger partial charge in [0.25, 0.3) is 0 Å². The van der Waals surface area contributed by atoms with Crippen molar-refractivity contribution in [2.24, 2.45) is 0 Å². The van der Waals surface area contributed by atoms with Gasteiger partial charge in [-0.25, -0.2) is 4.98 Å². The molecule has 0 saturated carbocycles. The summed E-state index contributed by atoms with van der Waals surface area (Å²) < 4.78 is 6.91. The Morgan fingerprint density at radius 2 is 2.24 bits per heavy atom. The van der Waals surface area contributed by atoms with Crippen LogP contribution >= 0.6 is 11.6 Å². The Morgan fingerprint density at radius 3 is 3.00 bits per heavy atom. The molecule has 0 bridgehead atoms. The number of rotatable bonds is 2. The number of aromatic nitrogens is 3. The van der Waals surface area contributed by atoms with Gasteiger partial charge in [-0.3, -0.25) is 0 Å². The minimum absolute atomic E-state index is 0.429. The topological polar surface area (TPSA) is 69.9 Å². The minimum atomic E-state index is 0.429. The molecule has 17 heavy (non-hydrogen) atoms. The highest BCUT2D eigenvalue weighted by atomic mass is 35.5. The molecule has 6 heteroatoms. The maximum absolute atomic E-state index is 5.90. The summed E-state index contributed by atoms with van der Waals surface area (Å²) in [4.78, 5) is 4.25. The molecule has 3 aromatic rings. The highest BCUT2D eigenvalue weighted by molar-refractivity contribution is 6.31. The normalized spacial score (nSPS) is 11.1. The fraction of sp³-hybridized carbons (Fsp3) is 0.0909. The van der Waals surface area contributed by atoms with E-state index in [1.165, 1.54) is 0 Å². The van der Waals surface area contributed by atoms with Crippen molar-refractivity contribution in [2.75, 3.05) is 5.73 Å². The molecule has 2 N–H and O–H groups in total. The van der Waals surface area contributed by atoms with E-state index in [9.17, 15) is 0 Å². The first-order valence-corrected chi connectivity index (χ1v) is 5.42. The van der Waals surface area contributed by atoms with Crippen LogP contribution in [0, 0.1) is 0 Å². The van der Waals surface area contributed by atoms with E-state index in [0.717, 1.165) is 16.8 Å². The van der Waals surface area contributed by atoms with Gasteiger partial charge in [-0.1, -0.05) is 16.8 Å². The molecule has 5 nitrogen and oxygen atoms in total. The van der Waals surface area contributed by atoms with Crippen LogP contribution in [-0.2, 0) is 6.54 Å². The van der Waals surface area contributed by atoms with E-state index in [-0.39, 0.29) is 0 Å². The Bertz CT molecular complexity index is 659. The number of fused-ring (bicyclic) bond motifs is 1. The molecule has 0 fully saturated rings. The third kappa shape index (κ3) is 1.74. The summed E-state index contributed by atoms with van der Waals surface area (Å²) in [6.45, 7) is 0.504. The zero-order valence-corrected chi connectivity index (χ0v) is 9.55. The number of halogens is 1. The van der Waals surface area contributed by atoms with Crippen molar-refractivity contribution in [3.63, 3.8) is 0 Å². The van der Waals surface area contributed by atoms with Crippen LogP contribution in [0.3, 0.4) is 0 Å². The first-order chi connectivity index (χ1) is 8.24. The Morgan fingerprint density at radius 1 is 1.35 bits per heavy atom. The van der Waals surface area contributed by atoms with Crippen LogP contribution in [0.1, 0.15) is 5.76 Å². The number of hydrogen-bond donors (Lipinski definition) is 1. The number of nitrogen functional groups attached to an aromatic ring is 1. The average Bonchev–Trinajstić information content (AvgIpc) is 2.88. The summed E-state index contributed by atoms with van der Waals surface area (Å²) in [5.74, 6) is 1.16. The molecule has 0 unspecified atom stereocenters. The average molecular weight is 249 g/mol. The van der Waals surface area contributed by atoms with Gasteiger partial charge < -0.3 is 14.8 Å². The van der Waals surface area contributed by atoms with Crippen molar-refractivity contribution in [3.05, 3.63) is 41.2 Å². The number of nitrogens with zero attached hydrogens (tertiary/aromatic N) is 3. The van der Waals surface area contributed by atoms with Crippen LogP contribution in [0.25, 0.3) is 11.0 Å². The highest BCUT2D eigenvalue weighted by Crippen LogP contribution is 2.22. The number of benzene rings is 1. The summed E-state index contributed by atoms with van der Waals surface area (Å²) in [6, 6.07) is 7.27. The molecule has 0 atom stereocenters. The van der Waals surface area contributed by atoms with E-state index >= 15 is 0 Å². The highest BCUT2D eigenvalue weighted by Gasteiger charge is 2.10. The zero-order chi connectivity index (χ0) is 11.8. The number of hydrogen-bond acceptors (Lipinski definition) is 4. The van der Waals surface area contributed by atoms with E-state index in [1.807, 2.05) is 16.7 Å². The summed E-state index contributed by atoms with van der Waals surface area (Å²) in [5, 5.41) is 4.30. The second-order valence-electron chi connectivity index (χ2n) is 3.67. The minimum Gasteiger partial charge on any atom is -0.369 e. The molecule has 0 aliphatic rings. The lowest BCUT2D eigenvalue weighted by Crippen LogP contribution is -2.03. The van der Waals surface area contributed by atoms with Crippen LogP contribution in [0.2, 0.25) is 5.02 Å². The van der Waals surface area contributed by atoms with Gasteiger partial charge in [0.2, 0.25) is 5.95 Å². The third-order valence-corrected chi connectivity index (χ3v) is 2.78. The SMILES string of the molecule is Nc1nc2cc(Cl)ccc2n1Cc1ccno1. The van der Waals surface area contributed by atoms with Crippen LogP contribution in [0.5, 0.6) is 0 Å². The molecule has 0 aliphatic heterocycles. The fourth-order valence-corrected chi connectivity index (χ4v) is 1.93. The molecule has 0 spiro atoms. The summed E-state index contributed by atoms with van der Waals surface area (Å²) in [7, 11) is 0. The van der Waals surface area contributed by atoms with Crippen LogP contribution in [0.4, 0.5) is 5.95 Å². The third-order valence-electron chi connectivity index (χ3n) is 2.55. The Kier molecular flexibility index (Phi) is 2.26. The first kappa shape index (κ1) is 10.2. The van der Waals surface area contributed by atoms with Gasteiger partial charge in [-0.2, -0.15) is 0 Å². The Hall–Kier alpha value is -2.01. The molecule has 0 radical (unpaired) electrons. The summed E-state index contributed by atoms with van der Waals surface area (Å²) >= 11 is 5.90. The van der Waals surface area contributed by atoms with Gasteiger partial charge in [0, 0.05) is 11.1 Å². The van der Waals surface area contributed by atoms with Crippen molar-refractivity contribution in [1.82, 2.24) is 14.7 Å². The number of anilines is 1. The van der Waals surface area contributed by atoms with Gasteiger partial charge >= 0.3 is 0 Å². The van der Waals surface area contributed by atoms with E-state index in [4.69, 9.17) is 21.9 Å². The van der Waals surface area contributed by atoms with Gasteiger partial charge in [0.15, 0.2) is 5.76 Å². The molecule has 2 heterocycles. The van der Waals surface area contributed by atoms with E-state index < -0.39 is 0 Å². The van der Waals surface area contributed by atoms with Crippen LogP contribution in [0.15, 0.2) is 35.0 Å². The van der Waals surface area contributed by atoms with Crippen molar-refractivity contribution in [1.29, 1.82) is 0 Å². The van der Waals surface area contributed by atoms with Gasteiger partial charge in [0.1, 0.15) is 0 Å². The molecule has 2 aromatic heterocycles. The molecule has 86 valence electrons. The smallest absolute Gasteiger partial charge is 0.201 e. The molecular weight excluding hydrogens is 240 g/mol.